The summed E-state index contributed by atoms with van der Waals surface area (Å²) >= 11 is 0. The average Bonchev–Trinajstić information content (AvgIpc) is 2.39. The number of carbonyl (C=O) groups excluding carboxylic acids is 1. The molecule has 1 saturated heterocycles. The minimum atomic E-state index is -0.252. The lowest BCUT2D eigenvalue weighted by Gasteiger charge is -2.22. The standard InChI is InChI=1S/C13H23NO3/c1-3-12(13(15)16-2)6-9-17-10-11-4-7-14-8-5-11/h6,11,14H,3-5,7-10H2,1-2H3. The van der Waals surface area contributed by atoms with Gasteiger partial charge in [0.05, 0.1) is 13.7 Å². The molecule has 1 N–H and O–H groups in total. The van der Waals surface area contributed by atoms with Gasteiger partial charge in [0.15, 0.2) is 0 Å². The molecule has 1 aliphatic rings. The lowest BCUT2D eigenvalue weighted by atomic mass is 9.99. The molecule has 0 saturated carbocycles. The molecule has 0 radical (unpaired) electrons. The number of hydrogen-bond acceptors (Lipinski definition) is 4. The molecule has 1 rings (SSSR count). The van der Waals surface area contributed by atoms with E-state index in [0.29, 0.717) is 24.5 Å². The van der Waals surface area contributed by atoms with Crippen molar-refractivity contribution < 1.29 is 14.3 Å². The highest BCUT2D eigenvalue weighted by Crippen LogP contribution is 2.11. The van der Waals surface area contributed by atoms with Crippen LogP contribution in [0, 0.1) is 5.92 Å². The van der Waals surface area contributed by atoms with Crippen molar-refractivity contribution in [3.8, 4) is 0 Å². The zero-order valence-corrected chi connectivity index (χ0v) is 10.8. The highest BCUT2D eigenvalue weighted by atomic mass is 16.5. The van der Waals surface area contributed by atoms with Gasteiger partial charge in [-0.05, 0) is 44.3 Å². The summed E-state index contributed by atoms with van der Waals surface area (Å²) in [6, 6.07) is 0. The second-order valence-electron chi connectivity index (χ2n) is 4.31. The van der Waals surface area contributed by atoms with Crippen LogP contribution < -0.4 is 5.32 Å². The van der Waals surface area contributed by atoms with Crippen LogP contribution in [-0.4, -0.2) is 39.4 Å². The fourth-order valence-corrected chi connectivity index (χ4v) is 1.95. The van der Waals surface area contributed by atoms with Crippen molar-refractivity contribution in [2.75, 3.05) is 33.4 Å². The van der Waals surface area contributed by atoms with Crippen LogP contribution in [0.25, 0.3) is 0 Å². The fraction of sp³-hybridized carbons (Fsp3) is 0.769. The summed E-state index contributed by atoms with van der Waals surface area (Å²) in [6.07, 6.45) is 4.87. The van der Waals surface area contributed by atoms with E-state index in [0.717, 1.165) is 19.7 Å². The minimum absolute atomic E-state index is 0.252. The molecule has 0 aromatic rings. The number of ether oxygens (including phenoxy) is 2. The predicted molar refractivity (Wildman–Crippen MR) is 66.8 cm³/mol. The van der Waals surface area contributed by atoms with Crippen LogP contribution in [0.3, 0.4) is 0 Å². The molecule has 0 spiro atoms. The van der Waals surface area contributed by atoms with E-state index in [1.165, 1.54) is 20.0 Å². The van der Waals surface area contributed by atoms with Gasteiger partial charge in [0, 0.05) is 12.2 Å². The minimum Gasteiger partial charge on any atom is -0.466 e. The van der Waals surface area contributed by atoms with Crippen molar-refractivity contribution in [3.63, 3.8) is 0 Å². The van der Waals surface area contributed by atoms with E-state index in [1.807, 2.05) is 13.0 Å². The Balaban J connectivity index is 2.20. The van der Waals surface area contributed by atoms with Gasteiger partial charge < -0.3 is 14.8 Å². The number of nitrogens with one attached hydrogen (secondary N) is 1. The Morgan fingerprint density at radius 1 is 1.41 bits per heavy atom. The maximum Gasteiger partial charge on any atom is 0.333 e. The molecule has 4 nitrogen and oxygen atoms in total. The highest BCUT2D eigenvalue weighted by molar-refractivity contribution is 5.88. The highest BCUT2D eigenvalue weighted by Gasteiger charge is 2.12. The summed E-state index contributed by atoms with van der Waals surface area (Å²) < 4.78 is 10.3. The first kappa shape index (κ1) is 14.2. The number of rotatable bonds is 6. The summed E-state index contributed by atoms with van der Waals surface area (Å²) in [7, 11) is 1.40. The Hall–Kier alpha value is -0.870. The summed E-state index contributed by atoms with van der Waals surface area (Å²) in [4.78, 5) is 11.3. The Labute approximate surface area is 103 Å². The van der Waals surface area contributed by atoms with Crippen LogP contribution in [0.2, 0.25) is 0 Å². The number of carbonyl (C=O) groups is 1. The van der Waals surface area contributed by atoms with Crippen molar-refractivity contribution in [3.05, 3.63) is 11.6 Å². The van der Waals surface area contributed by atoms with Gasteiger partial charge in [-0.3, -0.25) is 0 Å². The summed E-state index contributed by atoms with van der Waals surface area (Å²) in [5.41, 5.74) is 0.692. The smallest absolute Gasteiger partial charge is 0.333 e. The third kappa shape index (κ3) is 5.33. The van der Waals surface area contributed by atoms with Gasteiger partial charge in [0.1, 0.15) is 0 Å². The zero-order chi connectivity index (χ0) is 12.5. The molecule has 0 aromatic carbocycles. The second kappa shape index (κ2) is 8.25. The Bertz CT molecular complexity index is 257. The van der Waals surface area contributed by atoms with Gasteiger partial charge in [-0.15, -0.1) is 0 Å². The second-order valence-corrected chi connectivity index (χ2v) is 4.31. The van der Waals surface area contributed by atoms with E-state index >= 15 is 0 Å². The third-order valence-electron chi connectivity index (χ3n) is 3.09. The van der Waals surface area contributed by atoms with Crippen LogP contribution in [0.1, 0.15) is 26.2 Å². The van der Waals surface area contributed by atoms with Gasteiger partial charge in [-0.1, -0.05) is 6.92 Å². The van der Waals surface area contributed by atoms with E-state index in [4.69, 9.17) is 4.74 Å². The number of esters is 1. The maximum atomic E-state index is 11.3. The Morgan fingerprint density at radius 3 is 2.71 bits per heavy atom. The molecule has 0 bridgehead atoms. The maximum absolute atomic E-state index is 11.3. The first-order valence-electron chi connectivity index (χ1n) is 6.33. The fourth-order valence-electron chi connectivity index (χ4n) is 1.95. The van der Waals surface area contributed by atoms with E-state index in [9.17, 15) is 4.79 Å². The number of methoxy groups -OCH3 is 1. The average molecular weight is 241 g/mol. The van der Waals surface area contributed by atoms with Gasteiger partial charge >= 0.3 is 5.97 Å². The lowest BCUT2D eigenvalue weighted by Crippen LogP contribution is -2.30. The lowest BCUT2D eigenvalue weighted by molar-refractivity contribution is -0.136. The van der Waals surface area contributed by atoms with Crippen LogP contribution in [-0.2, 0) is 14.3 Å². The molecule has 1 heterocycles. The zero-order valence-electron chi connectivity index (χ0n) is 10.8. The SMILES string of the molecule is CCC(=CCOCC1CCNCC1)C(=O)OC. The molecule has 0 amide bonds. The first-order valence-corrected chi connectivity index (χ1v) is 6.33. The van der Waals surface area contributed by atoms with E-state index < -0.39 is 0 Å². The Morgan fingerprint density at radius 2 is 2.12 bits per heavy atom. The molecule has 1 fully saturated rings. The van der Waals surface area contributed by atoms with Crippen molar-refractivity contribution >= 4 is 5.97 Å². The summed E-state index contributed by atoms with van der Waals surface area (Å²) in [5, 5.41) is 3.33. The van der Waals surface area contributed by atoms with Crippen molar-refractivity contribution in [1.29, 1.82) is 0 Å². The third-order valence-corrected chi connectivity index (χ3v) is 3.09. The molecule has 1 aliphatic heterocycles. The monoisotopic (exact) mass is 241 g/mol. The van der Waals surface area contributed by atoms with Gasteiger partial charge in [-0.25, -0.2) is 4.79 Å². The van der Waals surface area contributed by atoms with Crippen LogP contribution >= 0.6 is 0 Å². The predicted octanol–water partition coefficient (Wildman–Crippen LogP) is 1.51. The topological polar surface area (TPSA) is 47.6 Å². The molecule has 0 aliphatic carbocycles. The van der Waals surface area contributed by atoms with Crippen LogP contribution in [0.5, 0.6) is 0 Å². The van der Waals surface area contributed by atoms with Crippen LogP contribution in [0.15, 0.2) is 11.6 Å². The number of piperidine rings is 1. The molecule has 0 unspecified atom stereocenters. The largest absolute Gasteiger partial charge is 0.466 e. The summed E-state index contributed by atoms with van der Waals surface area (Å²) in [6.45, 7) is 5.41. The number of hydrogen-bond donors (Lipinski definition) is 1. The molecular weight excluding hydrogens is 218 g/mol. The quantitative estimate of drug-likeness (QED) is 0.435. The molecule has 17 heavy (non-hydrogen) atoms. The molecule has 4 heteroatoms. The van der Waals surface area contributed by atoms with Crippen LogP contribution in [0.4, 0.5) is 0 Å². The van der Waals surface area contributed by atoms with Gasteiger partial charge in [-0.2, -0.15) is 0 Å². The summed E-state index contributed by atoms with van der Waals surface area (Å²) in [5.74, 6) is 0.408. The Kier molecular flexibility index (Phi) is 6.89. The first-order chi connectivity index (χ1) is 8.27. The molecular formula is C13H23NO3. The van der Waals surface area contributed by atoms with E-state index in [-0.39, 0.29) is 5.97 Å². The van der Waals surface area contributed by atoms with Gasteiger partial charge in [0.2, 0.25) is 0 Å². The van der Waals surface area contributed by atoms with Crippen molar-refractivity contribution in [1.82, 2.24) is 5.32 Å². The molecule has 0 atom stereocenters. The normalized spacial score (nSPS) is 18.1. The molecule has 98 valence electrons. The molecule has 0 aromatic heterocycles. The van der Waals surface area contributed by atoms with Crippen molar-refractivity contribution in [2.24, 2.45) is 5.92 Å². The van der Waals surface area contributed by atoms with E-state index in [2.05, 4.69) is 10.1 Å². The van der Waals surface area contributed by atoms with Crippen molar-refractivity contribution in [2.45, 2.75) is 26.2 Å². The van der Waals surface area contributed by atoms with Gasteiger partial charge in [0.25, 0.3) is 0 Å². The van der Waals surface area contributed by atoms with E-state index in [1.54, 1.807) is 0 Å².